The Labute approximate surface area is 117 Å². The fourth-order valence-electron chi connectivity index (χ4n) is 2.13. The van der Waals surface area contributed by atoms with Crippen molar-refractivity contribution >= 4 is 17.6 Å². The number of para-hydroxylation sites is 2. The number of urea groups is 1. The summed E-state index contributed by atoms with van der Waals surface area (Å²) >= 11 is 0. The maximum Gasteiger partial charge on any atom is 0.324 e. The van der Waals surface area contributed by atoms with Crippen molar-refractivity contribution in [3.05, 3.63) is 24.3 Å². The van der Waals surface area contributed by atoms with Crippen LogP contribution in [0.4, 0.5) is 10.5 Å². The Hall–Kier alpha value is -2.24. The molecule has 1 fully saturated rings. The number of amides is 3. The first-order valence-electron chi connectivity index (χ1n) is 6.72. The van der Waals surface area contributed by atoms with Gasteiger partial charge in [-0.25, -0.2) is 4.79 Å². The molecule has 0 aromatic heterocycles. The lowest BCUT2D eigenvalue weighted by molar-refractivity contribution is -0.127. The monoisotopic (exact) mass is 277 g/mol. The standard InChI is InChI=1S/C14H19N3O3/c1-2-5-11-13(18)17(14(19)16-11)8-9-20-12-7-4-3-6-10(12)15/h3-4,6-7,11H,2,5,8-9,15H2,1H3,(H,16,19). The number of carbonyl (C=O) groups excluding carboxylic acids is 2. The number of rotatable bonds is 6. The molecule has 6 nitrogen and oxygen atoms in total. The van der Waals surface area contributed by atoms with Crippen LogP contribution in [0, 0.1) is 0 Å². The number of anilines is 1. The molecule has 108 valence electrons. The average Bonchev–Trinajstić information content (AvgIpc) is 2.69. The Balaban J connectivity index is 1.87. The Morgan fingerprint density at radius 3 is 2.80 bits per heavy atom. The minimum absolute atomic E-state index is 0.179. The van der Waals surface area contributed by atoms with E-state index in [0.717, 1.165) is 6.42 Å². The largest absolute Gasteiger partial charge is 0.490 e. The van der Waals surface area contributed by atoms with Gasteiger partial charge in [-0.3, -0.25) is 9.69 Å². The Bertz CT molecular complexity index is 504. The smallest absolute Gasteiger partial charge is 0.324 e. The van der Waals surface area contributed by atoms with Crippen molar-refractivity contribution in [3.8, 4) is 5.75 Å². The second kappa shape index (κ2) is 6.27. The van der Waals surface area contributed by atoms with Gasteiger partial charge in [0.15, 0.2) is 0 Å². The fraction of sp³-hybridized carbons (Fsp3) is 0.429. The third kappa shape index (κ3) is 3.01. The maximum atomic E-state index is 12.0. The molecule has 1 aliphatic rings. The van der Waals surface area contributed by atoms with E-state index in [1.54, 1.807) is 12.1 Å². The molecule has 20 heavy (non-hydrogen) atoms. The highest BCUT2D eigenvalue weighted by Crippen LogP contribution is 2.19. The van der Waals surface area contributed by atoms with Crippen LogP contribution in [0.2, 0.25) is 0 Å². The summed E-state index contributed by atoms with van der Waals surface area (Å²) in [6.45, 7) is 2.43. The van der Waals surface area contributed by atoms with E-state index in [4.69, 9.17) is 10.5 Å². The van der Waals surface area contributed by atoms with Gasteiger partial charge in [-0.1, -0.05) is 25.5 Å². The van der Waals surface area contributed by atoms with Crippen LogP contribution in [0.3, 0.4) is 0 Å². The number of hydrogen-bond donors (Lipinski definition) is 2. The molecule has 0 radical (unpaired) electrons. The van der Waals surface area contributed by atoms with Gasteiger partial charge in [0, 0.05) is 0 Å². The zero-order chi connectivity index (χ0) is 14.5. The highest BCUT2D eigenvalue weighted by molar-refractivity contribution is 6.04. The van der Waals surface area contributed by atoms with Gasteiger partial charge in [0.05, 0.1) is 12.2 Å². The van der Waals surface area contributed by atoms with Gasteiger partial charge in [-0.05, 0) is 18.6 Å². The van der Waals surface area contributed by atoms with E-state index in [1.807, 2.05) is 19.1 Å². The summed E-state index contributed by atoms with van der Waals surface area (Å²) in [5.74, 6) is 0.381. The normalized spacial score (nSPS) is 18.2. The van der Waals surface area contributed by atoms with E-state index in [9.17, 15) is 9.59 Å². The van der Waals surface area contributed by atoms with E-state index in [1.165, 1.54) is 4.90 Å². The summed E-state index contributed by atoms with van der Waals surface area (Å²) < 4.78 is 5.49. The van der Waals surface area contributed by atoms with E-state index in [-0.39, 0.29) is 25.1 Å². The topological polar surface area (TPSA) is 84.7 Å². The first-order chi connectivity index (χ1) is 9.63. The van der Waals surface area contributed by atoms with Gasteiger partial charge in [0.25, 0.3) is 5.91 Å². The predicted molar refractivity (Wildman–Crippen MR) is 75.3 cm³/mol. The van der Waals surface area contributed by atoms with Crippen molar-refractivity contribution in [2.45, 2.75) is 25.8 Å². The summed E-state index contributed by atoms with van der Waals surface area (Å²) in [7, 11) is 0. The van der Waals surface area contributed by atoms with Gasteiger partial charge in [0.1, 0.15) is 18.4 Å². The van der Waals surface area contributed by atoms with Crippen LogP contribution in [0.15, 0.2) is 24.3 Å². The van der Waals surface area contributed by atoms with Gasteiger partial charge >= 0.3 is 6.03 Å². The molecule has 0 spiro atoms. The van der Waals surface area contributed by atoms with E-state index in [2.05, 4.69) is 5.32 Å². The molecule has 1 unspecified atom stereocenters. The fourth-order valence-corrected chi connectivity index (χ4v) is 2.13. The first kappa shape index (κ1) is 14.2. The second-order valence-electron chi connectivity index (χ2n) is 4.67. The molecule has 1 atom stereocenters. The maximum absolute atomic E-state index is 12.0. The van der Waals surface area contributed by atoms with Crippen LogP contribution in [0.5, 0.6) is 5.75 Å². The molecule has 0 aliphatic carbocycles. The lowest BCUT2D eigenvalue weighted by Gasteiger charge is -2.14. The summed E-state index contributed by atoms with van der Waals surface area (Å²) in [5, 5.41) is 2.67. The zero-order valence-electron chi connectivity index (χ0n) is 11.5. The number of nitrogens with one attached hydrogen (secondary N) is 1. The molecule has 1 aromatic carbocycles. The van der Waals surface area contributed by atoms with Crippen molar-refractivity contribution in [2.24, 2.45) is 0 Å². The van der Waals surface area contributed by atoms with Crippen LogP contribution in [0.1, 0.15) is 19.8 Å². The van der Waals surface area contributed by atoms with Crippen LogP contribution in [-0.2, 0) is 4.79 Å². The average molecular weight is 277 g/mol. The summed E-state index contributed by atoms with van der Waals surface area (Å²) in [6, 6.07) is 6.37. The van der Waals surface area contributed by atoms with Crippen molar-refractivity contribution in [3.63, 3.8) is 0 Å². The number of imide groups is 1. The lowest BCUT2D eigenvalue weighted by Crippen LogP contribution is -2.35. The third-order valence-electron chi connectivity index (χ3n) is 3.18. The van der Waals surface area contributed by atoms with Gasteiger partial charge in [-0.2, -0.15) is 0 Å². The molecule has 1 aliphatic heterocycles. The molecule has 3 N–H and O–H groups in total. The number of nitrogen functional groups attached to an aromatic ring is 1. The minimum Gasteiger partial charge on any atom is -0.490 e. The molecule has 0 saturated carbocycles. The van der Waals surface area contributed by atoms with E-state index < -0.39 is 6.04 Å². The summed E-state index contributed by atoms with van der Waals surface area (Å²) in [6.07, 6.45) is 1.51. The van der Waals surface area contributed by atoms with Crippen LogP contribution < -0.4 is 15.8 Å². The molecular weight excluding hydrogens is 258 g/mol. The number of ether oxygens (including phenoxy) is 1. The van der Waals surface area contributed by atoms with Crippen molar-refractivity contribution < 1.29 is 14.3 Å². The molecule has 2 rings (SSSR count). The van der Waals surface area contributed by atoms with Gasteiger partial charge in [0.2, 0.25) is 0 Å². The number of hydrogen-bond acceptors (Lipinski definition) is 4. The van der Waals surface area contributed by atoms with Crippen LogP contribution in [0.25, 0.3) is 0 Å². The second-order valence-corrected chi connectivity index (χ2v) is 4.67. The highest BCUT2D eigenvalue weighted by Gasteiger charge is 2.36. The Morgan fingerprint density at radius 1 is 1.35 bits per heavy atom. The Kier molecular flexibility index (Phi) is 4.45. The molecule has 6 heteroatoms. The molecule has 1 saturated heterocycles. The van der Waals surface area contributed by atoms with Crippen molar-refractivity contribution in [1.29, 1.82) is 0 Å². The lowest BCUT2D eigenvalue weighted by atomic mass is 10.2. The number of nitrogens with zero attached hydrogens (tertiary/aromatic N) is 1. The Morgan fingerprint density at radius 2 is 2.10 bits per heavy atom. The first-order valence-corrected chi connectivity index (χ1v) is 6.72. The minimum atomic E-state index is -0.394. The third-order valence-corrected chi connectivity index (χ3v) is 3.18. The van der Waals surface area contributed by atoms with Crippen LogP contribution in [-0.4, -0.2) is 36.0 Å². The predicted octanol–water partition coefficient (Wildman–Crippen LogP) is 1.37. The summed E-state index contributed by atoms with van der Waals surface area (Å²) in [4.78, 5) is 24.9. The van der Waals surface area contributed by atoms with E-state index in [0.29, 0.717) is 17.9 Å². The molecule has 0 bridgehead atoms. The number of carbonyl (C=O) groups is 2. The number of benzene rings is 1. The van der Waals surface area contributed by atoms with Crippen molar-refractivity contribution in [1.82, 2.24) is 10.2 Å². The highest BCUT2D eigenvalue weighted by atomic mass is 16.5. The molecule has 3 amide bonds. The molecular formula is C14H19N3O3. The van der Waals surface area contributed by atoms with Crippen molar-refractivity contribution in [2.75, 3.05) is 18.9 Å². The zero-order valence-corrected chi connectivity index (χ0v) is 11.5. The molecule has 1 aromatic rings. The quantitative estimate of drug-likeness (QED) is 0.607. The molecule has 1 heterocycles. The van der Waals surface area contributed by atoms with Crippen LogP contribution >= 0.6 is 0 Å². The van der Waals surface area contributed by atoms with E-state index >= 15 is 0 Å². The SMILES string of the molecule is CCCC1NC(=O)N(CCOc2ccccc2N)C1=O. The summed E-state index contributed by atoms with van der Waals surface area (Å²) in [5.41, 5.74) is 6.28. The van der Waals surface area contributed by atoms with Gasteiger partial charge < -0.3 is 15.8 Å². The number of nitrogens with two attached hydrogens (primary N) is 1. The van der Waals surface area contributed by atoms with Gasteiger partial charge in [-0.15, -0.1) is 0 Å².